The Labute approximate surface area is 98.7 Å². The van der Waals surface area contributed by atoms with Crippen LogP contribution in [0.25, 0.3) is 0 Å². The molecule has 1 aliphatic rings. The van der Waals surface area contributed by atoms with Crippen molar-refractivity contribution >= 4 is 12.4 Å². The fourth-order valence-electron chi connectivity index (χ4n) is 2.34. The number of aryl methyl sites for hydroxylation is 3. The lowest BCUT2D eigenvalue weighted by Gasteiger charge is -2.14. The molecule has 1 saturated heterocycles. The van der Waals surface area contributed by atoms with E-state index in [2.05, 4.69) is 38.2 Å². The van der Waals surface area contributed by atoms with Crippen molar-refractivity contribution in [2.75, 3.05) is 13.1 Å². The predicted octanol–water partition coefficient (Wildman–Crippen LogP) is 3.11. The highest BCUT2D eigenvalue weighted by Gasteiger charge is 2.18. The second kappa shape index (κ2) is 5.00. The van der Waals surface area contributed by atoms with E-state index < -0.39 is 0 Å². The molecule has 2 heteroatoms. The van der Waals surface area contributed by atoms with Gasteiger partial charge in [0.2, 0.25) is 0 Å². The molecule has 0 radical (unpaired) electrons. The van der Waals surface area contributed by atoms with Crippen LogP contribution in [0.15, 0.2) is 12.1 Å². The Bertz CT molecular complexity index is 341. The van der Waals surface area contributed by atoms with Crippen molar-refractivity contribution in [3.63, 3.8) is 0 Å². The van der Waals surface area contributed by atoms with Crippen LogP contribution in [0.1, 0.15) is 34.6 Å². The fourth-order valence-corrected chi connectivity index (χ4v) is 2.34. The molecule has 1 N–H and O–H groups in total. The summed E-state index contributed by atoms with van der Waals surface area (Å²) >= 11 is 0. The Hall–Kier alpha value is -0.530. The minimum absolute atomic E-state index is 0. The van der Waals surface area contributed by atoms with Gasteiger partial charge in [0.25, 0.3) is 0 Å². The van der Waals surface area contributed by atoms with Gasteiger partial charge in [-0.3, -0.25) is 0 Å². The molecule has 1 fully saturated rings. The average molecular weight is 226 g/mol. The van der Waals surface area contributed by atoms with Gasteiger partial charge in [-0.05, 0) is 61.9 Å². The van der Waals surface area contributed by atoms with Gasteiger partial charge in [0.15, 0.2) is 0 Å². The van der Waals surface area contributed by atoms with Crippen LogP contribution in [0.3, 0.4) is 0 Å². The molecule has 0 aromatic heterocycles. The summed E-state index contributed by atoms with van der Waals surface area (Å²) in [5.74, 6) is 0.745. The Morgan fingerprint density at radius 1 is 1.07 bits per heavy atom. The minimum Gasteiger partial charge on any atom is -0.316 e. The van der Waals surface area contributed by atoms with E-state index in [0.29, 0.717) is 0 Å². The third-order valence-electron chi connectivity index (χ3n) is 3.38. The molecule has 1 atom stereocenters. The van der Waals surface area contributed by atoms with E-state index in [1.165, 1.54) is 29.7 Å². The van der Waals surface area contributed by atoms with Gasteiger partial charge in [0, 0.05) is 6.54 Å². The van der Waals surface area contributed by atoms with Crippen molar-refractivity contribution in [1.82, 2.24) is 5.32 Å². The number of nitrogens with one attached hydrogen (secondary N) is 1. The normalized spacial score (nSPS) is 20.1. The van der Waals surface area contributed by atoms with Crippen LogP contribution < -0.4 is 5.32 Å². The largest absolute Gasteiger partial charge is 0.316 e. The molecule has 15 heavy (non-hydrogen) atoms. The summed E-state index contributed by atoms with van der Waals surface area (Å²) in [6, 6.07) is 4.70. The molecule has 0 spiro atoms. The lowest BCUT2D eigenvalue weighted by molar-refractivity contribution is 0.756. The van der Waals surface area contributed by atoms with E-state index in [1.807, 2.05) is 0 Å². The predicted molar refractivity (Wildman–Crippen MR) is 68.1 cm³/mol. The van der Waals surface area contributed by atoms with Gasteiger partial charge >= 0.3 is 0 Å². The van der Waals surface area contributed by atoms with Crippen molar-refractivity contribution < 1.29 is 0 Å². The Balaban J connectivity index is 0.00000112. The molecular formula is C13H20ClN. The first kappa shape index (κ1) is 12.5. The standard InChI is InChI=1S/C13H19N.ClH/c1-9-6-11(3)13(7-10(9)2)12-4-5-14-8-12;/h6-7,12,14H,4-5,8H2,1-3H3;1H. The Morgan fingerprint density at radius 3 is 2.33 bits per heavy atom. The maximum atomic E-state index is 3.43. The van der Waals surface area contributed by atoms with Gasteiger partial charge in [0.05, 0.1) is 0 Å². The lowest BCUT2D eigenvalue weighted by Crippen LogP contribution is -2.09. The second-order valence-electron chi connectivity index (χ2n) is 4.48. The molecule has 1 nitrogen and oxygen atoms in total. The van der Waals surface area contributed by atoms with Crippen LogP contribution in [0, 0.1) is 20.8 Å². The first-order chi connectivity index (χ1) is 6.68. The van der Waals surface area contributed by atoms with E-state index in [4.69, 9.17) is 0 Å². The summed E-state index contributed by atoms with van der Waals surface area (Å²) in [6.45, 7) is 8.97. The molecule has 1 aliphatic heterocycles. The van der Waals surface area contributed by atoms with Gasteiger partial charge in [-0.25, -0.2) is 0 Å². The van der Waals surface area contributed by atoms with Gasteiger partial charge in [-0.1, -0.05) is 12.1 Å². The molecule has 1 aromatic carbocycles. The van der Waals surface area contributed by atoms with Gasteiger partial charge < -0.3 is 5.32 Å². The summed E-state index contributed by atoms with van der Waals surface area (Å²) < 4.78 is 0. The van der Waals surface area contributed by atoms with Crippen LogP contribution in [-0.2, 0) is 0 Å². The van der Waals surface area contributed by atoms with Crippen molar-refractivity contribution in [2.24, 2.45) is 0 Å². The molecule has 1 heterocycles. The van der Waals surface area contributed by atoms with Crippen molar-refractivity contribution in [3.05, 3.63) is 34.4 Å². The molecular weight excluding hydrogens is 206 g/mol. The molecule has 84 valence electrons. The molecule has 1 unspecified atom stereocenters. The summed E-state index contributed by atoms with van der Waals surface area (Å²) in [5, 5.41) is 3.43. The van der Waals surface area contributed by atoms with Crippen LogP contribution in [0.4, 0.5) is 0 Å². The maximum absolute atomic E-state index is 3.43. The van der Waals surface area contributed by atoms with Crippen LogP contribution in [0.5, 0.6) is 0 Å². The van der Waals surface area contributed by atoms with Gasteiger partial charge in [-0.2, -0.15) is 0 Å². The second-order valence-corrected chi connectivity index (χ2v) is 4.48. The zero-order valence-electron chi connectivity index (χ0n) is 9.76. The topological polar surface area (TPSA) is 12.0 Å². The Kier molecular flexibility index (Phi) is 4.18. The summed E-state index contributed by atoms with van der Waals surface area (Å²) in [6.07, 6.45) is 1.29. The minimum atomic E-state index is 0. The smallest absolute Gasteiger partial charge is 0.00207 e. The van der Waals surface area contributed by atoms with E-state index in [-0.39, 0.29) is 12.4 Å². The number of benzene rings is 1. The van der Waals surface area contributed by atoms with Gasteiger partial charge in [0.1, 0.15) is 0 Å². The summed E-state index contributed by atoms with van der Waals surface area (Å²) in [5.41, 5.74) is 5.86. The highest BCUT2D eigenvalue weighted by molar-refractivity contribution is 5.85. The average Bonchev–Trinajstić information content (AvgIpc) is 2.64. The van der Waals surface area contributed by atoms with E-state index in [1.54, 1.807) is 5.56 Å². The lowest BCUT2D eigenvalue weighted by atomic mass is 9.91. The molecule has 2 rings (SSSR count). The summed E-state index contributed by atoms with van der Waals surface area (Å²) in [4.78, 5) is 0. The van der Waals surface area contributed by atoms with Crippen LogP contribution >= 0.6 is 12.4 Å². The van der Waals surface area contributed by atoms with Crippen LogP contribution in [0.2, 0.25) is 0 Å². The maximum Gasteiger partial charge on any atom is 0.00207 e. The highest BCUT2D eigenvalue weighted by Crippen LogP contribution is 2.27. The molecule has 0 amide bonds. The Morgan fingerprint density at radius 2 is 1.73 bits per heavy atom. The highest BCUT2D eigenvalue weighted by atomic mass is 35.5. The number of rotatable bonds is 1. The fraction of sp³-hybridized carbons (Fsp3) is 0.538. The zero-order valence-corrected chi connectivity index (χ0v) is 10.6. The monoisotopic (exact) mass is 225 g/mol. The molecule has 0 aliphatic carbocycles. The number of hydrogen-bond donors (Lipinski definition) is 1. The third-order valence-corrected chi connectivity index (χ3v) is 3.38. The van der Waals surface area contributed by atoms with E-state index in [9.17, 15) is 0 Å². The number of hydrogen-bond acceptors (Lipinski definition) is 1. The van der Waals surface area contributed by atoms with Crippen molar-refractivity contribution in [1.29, 1.82) is 0 Å². The summed E-state index contributed by atoms with van der Waals surface area (Å²) in [7, 11) is 0. The molecule has 1 aromatic rings. The number of halogens is 1. The van der Waals surface area contributed by atoms with Gasteiger partial charge in [-0.15, -0.1) is 12.4 Å². The molecule has 0 bridgehead atoms. The third kappa shape index (κ3) is 2.53. The quantitative estimate of drug-likeness (QED) is 0.775. The van der Waals surface area contributed by atoms with E-state index in [0.717, 1.165) is 12.5 Å². The SMILES string of the molecule is Cc1cc(C)c(C2CCNC2)cc1C.Cl. The van der Waals surface area contributed by atoms with Crippen molar-refractivity contribution in [2.45, 2.75) is 33.1 Å². The first-order valence-electron chi connectivity index (χ1n) is 5.47. The van der Waals surface area contributed by atoms with E-state index >= 15 is 0 Å². The van der Waals surface area contributed by atoms with Crippen LogP contribution in [-0.4, -0.2) is 13.1 Å². The first-order valence-corrected chi connectivity index (χ1v) is 5.47. The van der Waals surface area contributed by atoms with Crippen molar-refractivity contribution in [3.8, 4) is 0 Å². The molecule has 0 saturated carbocycles. The zero-order chi connectivity index (χ0) is 10.1.